The van der Waals surface area contributed by atoms with E-state index in [9.17, 15) is 19.2 Å². The molecule has 3 aromatic carbocycles. The predicted molar refractivity (Wildman–Crippen MR) is 166 cm³/mol. The van der Waals surface area contributed by atoms with Crippen LogP contribution in [0.3, 0.4) is 0 Å². The predicted octanol–water partition coefficient (Wildman–Crippen LogP) is 6.95. The fourth-order valence-electron chi connectivity index (χ4n) is 4.83. The van der Waals surface area contributed by atoms with Crippen molar-refractivity contribution >= 4 is 62.0 Å². The van der Waals surface area contributed by atoms with E-state index in [1.807, 2.05) is 48.5 Å². The molecule has 0 spiro atoms. The molecular formula is C33H30N2O8S. The third-order valence-corrected chi connectivity index (χ3v) is 8.07. The van der Waals surface area contributed by atoms with Gasteiger partial charge in [0.05, 0.1) is 24.3 Å². The molecule has 1 N–H and O–H groups in total. The summed E-state index contributed by atoms with van der Waals surface area (Å²) in [7, 11) is 0. The minimum Gasteiger partial charge on any atom is -0.462 e. The van der Waals surface area contributed by atoms with Gasteiger partial charge < -0.3 is 23.9 Å². The average Bonchev–Trinajstić information content (AvgIpc) is 3.60. The van der Waals surface area contributed by atoms with Crippen molar-refractivity contribution in [3.63, 3.8) is 0 Å². The van der Waals surface area contributed by atoms with Crippen LogP contribution in [-0.2, 0) is 19.0 Å². The fourth-order valence-corrected chi connectivity index (χ4v) is 5.92. The van der Waals surface area contributed by atoms with E-state index < -0.39 is 29.9 Å². The number of nitrogens with one attached hydrogen (secondary N) is 1. The van der Waals surface area contributed by atoms with Crippen LogP contribution >= 0.6 is 11.3 Å². The number of benzene rings is 3. The molecular weight excluding hydrogens is 584 g/mol. The van der Waals surface area contributed by atoms with Crippen LogP contribution in [0.5, 0.6) is 0 Å². The summed E-state index contributed by atoms with van der Waals surface area (Å²) in [5, 5.41) is 4.11. The quantitative estimate of drug-likeness (QED) is 0.131. The Kier molecular flexibility index (Phi) is 9.05. The molecule has 44 heavy (non-hydrogen) atoms. The second-order valence-corrected chi connectivity index (χ2v) is 10.7. The number of hydrogen-bond acceptors (Lipinski definition) is 10. The van der Waals surface area contributed by atoms with Gasteiger partial charge in [-0.1, -0.05) is 43.3 Å². The molecule has 1 unspecified atom stereocenters. The molecule has 2 aromatic heterocycles. The van der Waals surface area contributed by atoms with Crippen molar-refractivity contribution < 1.29 is 37.8 Å². The highest BCUT2D eigenvalue weighted by atomic mass is 32.1. The Balaban J connectivity index is 1.45. The van der Waals surface area contributed by atoms with Crippen LogP contribution in [0.25, 0.3) is 33.3 Å². The molecule has 1 atom stereocenters. The van der Waals surface area contributed by atoms with Crippen molar-refractivity contribution in [1.29, 1.82) is 0 Å². The molecule has 2 heterocycles. The van der Waals surface area contributed by atoms with E-state index in [2.05, 4.69) is 10.3 Å². The van der Waals surface area contributed by atoms with Gasteiger partial charge in [-0.2, -0.15) is 0 Å². The Hall–Kier alpha value is -5.03. The Bertz CT molecular complexity index is 1850. The van der Waals surface area contributed by atoms with E-state index in [4.69, 9.17) is 18.6 Å². The largest absolute Gasteiger partial charge is 0.462 e. The molecule has 0 saturated heterocycles. The summed E-state index contributed by atoms with van der Waals surface area (Å²) in [4.78, 5) is 57.1. The monoisotopic (exact) mass is 614 g/mol. The lowest BCUT2D eigenvalue weighted by atomic mass is 9.99. The van der Waals surface area contributed by atoms with Gasteiger partial charge in [-0.3, -0.25) is 4.79 Å². The van der Waals surface area contributed by atoms with Gasteiger partial charge in [-0.05, 0) is 62.4 Å². The standard InChI is InChI=1S/C33H30N2O8S/c1-5-23(28(36)35-30-25(32(38)40-6-2)18(4)27(44-30)33(39)41-7-3)43-31(37)21-15-11-13-19-12-10-14-20(26(19)21)29-34-22-16-8-9-17-24(22)42-29/h8-17,23H,5-7H2,1-4H3,(H,35,36). The zero-order valence-electron chi connectivity index (χ0n) is 24.6. The first-order chi connectivity index (χ1) is 21.3. The number of carbonyl (C=O) groups excluding carboxylic acids is 4. The smallest absolute Gasteiger partial charge is 0.348 e. The number of para-hydroxylation sites is 2. The van der Waals surface area contributed by atoms with E-state index >= 15 is 0 Å². The zero-order chi connectivity index (χ0) is 31.4. The highest BCUT2D eigenvalue weighted by Crippen LogP contribution is 2.36. The highest BCUT2D eigenvalue weighted by Gasteiger charge is 2.30. The number of anilines is 1. The molecule has 0 aliphatic heterocycles. The summed E-state index contributed by atoms with van der Waals surface area (Å²) in [5.74, 6) is -2.35. The van der Waals surface area contributed by atoms with E-state index in [-0.39, 0.29) is 40.6 Å². The zero-order valence-corrected chi connectivity index (χ0v) is 25.4. The third kappa shape index (κ3) is 5.91. The number of rotatable bonds is 10. The van der Waals surface area contributed by atoms with Gasteiger partial charge in [-0.15, -0.1) is 11.3 Å². The maximum atomic E-state index is 13.6. The summed E-state index contributed by atoms with van der Waals surface area (Å²) in [6, 6.07) is 18.1. The molecule has 226 valence electrons. The third-order valence-electron chi connectivity index (χ3n) is 6.89. The van der Waals surface area contributed by atoms with Crippen molar-refractivity contribution in [3.8, 4) is 11.5 Å². The number of aromatic nitrogens is 1. The molecule has 0 aliphatic rings. The van der Waals surface area contributed by atoms with E-state index in [0.717, 1.165) is 16.7 Å². The maximum Gasteiger partial charge on any atom is 0.348 e. The summed E-state index contributed by atoms with van der Waals surface area (Å²) in [6.07, 6.45) is -1.07. The Morgan fingerprint density at radius 3 is 2.30 bits per heavy atom. The molecule has 5 aromatic rings. The minimum atomic E-state index is -1.21. The first-order valence-electron chi connectivity index (χ1n) is 14.1. The van der Waals surface area contributed by atoms with E-state index in [0.29, 0.717) is 33.5 Å². The lowest BCUT2D eigenvalue weighted by Gasteiger charge is -2.17. The molecule has 5 rings (SSSR count). The Morgan fingerprint density at radius 2 is 1.59 bits per heavy atom. The number of ether oxygens (including phenoxy) is 3. The number of esters is 3. The van der Waals surface area contributed by atoms with Gasteiger partial charge in [0.2, 0.25) is 5.89 Å². The van der Waals surface area contributed by atoms with Crippen LogP contribution in [0.15, 0.2) is 65.1 Å². The second-order valence-electron chi connectivity index (χ2n) is 9.69. The van der Waals surface area contributed by atoms with Crippen LogP contribution in [0.1, 0.15) is 63.1 Å². The van der Waals surface area contributed by atoms with Gasteiger partial charge in [0.1, 0.15) is 15.4 Å². The lowest BCUT2D eigenvalue weighted by Crippen LogP contribution is -2.32. The van der Waals surface area contributed by atoms with Gasteiger partial charge >= 0.3 is 17.9 Å². The van der Waals surface area contributed by atoms with Gasteiger partial charge in [0.15, 0.2) is 11.7 Å². The fraction of sp³-hybridized carbons (Fsp3) is 0.242. The van der Waals surface area contributed by atoms with Gasteiger partial charge in [0.25, 0.3) is 5.91 Å². The van der Waals surface area contributed by atoms with Crippen molar-refractivity contribution in [1.82, 2.24) is 4.98 Å². The topological polar surface area (TPSA) is 134 Å². The first-order valence-corrected chi connectivity index (χ1v) is 15.0. The number of amides is 1. The molecule has 0 aliphatic carbocycles. The summed E-state index contributed by atoms with van der Waals surface area (Å²) >= 11 is 0.898. The number of hydrogen-bond donors (Lipinski definition) is 1. The molecule has 1 amide bonds. The Morgan fingerprint density at radius 1 is 0.886 bits per heavy atom. The summed E-state index contributed by atoms with van der Waals surface area (Å²) < 4.78 is 22.0. The van der Waals surface area contributed by atoms with E-state index in [1.165, 1.54) is 0 Å². The van der Waals surface area contributed by atoms with Crippen molar-refractivity contribution in [2.75, 3.05) is 18.5 Å². The van der Waals surface area contributed by atoms with Crippen LogP contribution < -0.4 is 5.32 Å². The molecule has 0 fully saturated rings. The molecule has 0 saturated carbocycles. The SMILES string of the molecule is CCOC(=O)c1sc(NC(=O)C(CC)OC(=O)c2cccc3cccc(-c4nc5ccccc5o4)c23)c(C(=O)OCC)c1C. The number of thiophene rings is 1. The van der Waals surface area contributed by atoms with Crippen molar-refractivity contribution in [3.05, 3.63) is 82.2 Å². The molecule has 10 nitrogen and oxygen atoms in total. The number of fused-ring (bicyclic) bond motifs is 2. The summed E-state index contributed by atoms with van der Waals surface area (Å²) in [5.41, 5.74) is 2.50. The lowest BCUT2D eigenvalue weighted by molar-refractivity contribution is -0.124. The maximum absolute atomic E-state index is 13.6. The molecule has 0 bridgehead atoms. The summed E-state index contributed by atoms with van der Waals surface area (Å²) in [6.45, 7) is 6.84. The van der Waals surface area contributed by atoms with Crippen molar-refractivity contribution in [2.45, 2.75) is 40.2 Å². The number of nitrogens with zero attached hydrogens (tertiary/aromatic N) is 1. The van der Waals surface area contributed by atoms with Crippen LogP contribution in [0.2, 0.25) is 0 Å². The Labute approximate surface area is 256 Å². The first kappa shape index (κ1) is 30.4. The number of carbonyl (C=O) groups is 4. The van der Waals surface area contributed by atoms with E-state index in [1.54, 1.807) is 39.8 Å². The van der Waals surface area contributed by atoms with Gasteiger partial charge in [-0.25, -0.2) is 19.4 Å². The van der Waals surface area contributed by atoms with Gasteiger partial charge in [0, 0.05) is 10.9 Å². The normalized spacial score (nSPS) is 11.7. The molecule has 0 radical (unpaired) electrons. The van der Waals surface area contributed by atoms with Crippen LogP contribution in [0, 0.1) is 6.92 Å². The number of oxazole rings is 1. The second kappa shape index (κ2) is 13.1. The van der Waals surface area contributed by atoms with Crippen LogP contribution in [-0.4, -0.2) is 48.1 Å². The minimum absolute atomic E-state index is 0.0477. The highest BCUT2D eigenvalue weighted by molar-refractivity contribution is 7.18. The van der Waals surface area contributed by atoms with Crippen molar-refractivity contribution in [2.24, 2.45) is 0 Å². The van der Waals surface area contributed by atoms with Crippen LogP contribution in [0.4, 0.5) is 5.00 Å². The molecule has 11 heteroatoms. The average molecular weight is 615 g/mol.